The van der Waals surface area contributed by atoms with E-state index in [2.05, 4.69) is 12.2 Å². The average molecular weight is 282 g/mol. The van der Waals surface area contributed by atoms with Crippen molar-refractivity contribution in [2.24, 2.45) is 11.7 Å². The molecule has 0 aliphatic carbocycles. The number of thioether (sulfide) groups is 1. The number of amides is 1. The van der Waals surface area contributed by atoms with Gasteiger partial charge in [-0.05, 0) is 30.3 Å². The summed E-state index contributed by atoms with van der Waals surface area (Å²) in [6.07, 6.45) is 0. The Balaban J connectivity index is 2.01. The zero-order valence-electron chi connectivity index (χ0n) is 11.3. The van der Waals surface area contributed by atoms with E-state index in [-0.39, 0.29) is 5.91 Å². The van der Waals surface area contributed by atoms with E-state index in [9.17, 15) is 4.79 Å². The van der Waals surface area contributed by atoms with Crippen molar-refractivity contribution in [2.75, 3.05) is 31.2 Å². The molecular weight excluding hydrogens is 260 g/mol. The van der Waals surface area contributed by atoms with Gasteiger partial charge in [0.15, 0.2) is 0 Å². The molecule has 0 aliphatic rings. The van der Waals surface area contributed by atoms with Gasteiger partial charge in [0.1, 0.15) is 12.4 Å². The van der Waals surface area contributed by atoms with Crippen LogP contribution in [0, 0.1) is 5.92 Å². The molecule has 0 aliphatic heterocycles. The third-order valence-electron chi connectivity index (χ3n) is 2.47. The molecule has 0 fully saturated rings. The predicted molar refractivity (Wildman–Crippen MR) is 80.5 cm³/mol. The summed E-state index contributed by atoms with van der Waals surface area (Å²) in [5.41, 5.74) is 5.51. The highest BCUT2D eigenvalue weighted by Gasteiger charge is 2.03. The second-order valence-electron chi connectivity index (χ2n) is 4.37. The van der Waals surface area contributed by atoms with Crippen LogP contribution in [0.25, 0.3) is 0 Å². The Morgan fingerprint density at radius 2 is 2.16 bits per heavy atom. The van der Waals surface area contributed by atoms with Crippen molar-refractivity contribution in [3.05, 3.63) is 30.3 Å². The molecule has 0 radical (unpaired) electrons. The molecule has 0 saturated carbocycles. The Kier molecular flexibility index (Phi) is 8.09. The number of carbonyl (C=O) groups excluding carboxylic acids is 1. The van der Waals surface area contributed by atoms with Crippen LogP contribution in [0.2, 0.25) is 0 Å². The Hall–Kier alpha value is -1.20. The number of hydrogen-bond acceptors (Lipinski definition) is 4. The van der Waals surface area contributed by atoms with Gasteiger partial charge in [-0.25, -0.2) is 0 Å². The van der Waals surface area contributed by atoms with Crippen molar-refractivity contribution < 1.29 is 9.53 Å². The van der Waals surface area contributed by atoms with Crippen molar-refractivity contribution in [1.29, 1.82) is 0 Å². The van der Waals surface area contributed by atoms with Gasteiger partial charge in [0, 0.05) is 0 Å². The van der Waals surface area contributed by atoms with Crippen LogP contribution in [0.1, 0.15) is 6.92 Å². The first-order valence-electron chi connectivity index (χ1n) is 6.44. The predicted octanol–water partition coefficient (Wildman–Crippen LogP) is 1.51. The molecule has 5 heteroatoms. The lowest BCUT2D eigenvalue weighted by Crippen LogP contribution is -2.29. The Morgan fingerprint density at radius 3 is 2.84 bits per heavy atom. The largest absolute Gasteiger partial charge is 0.492 e. The summed E-state index contributed by atoms with van der Waals surface area (Å²) < 4.78 is 5.48. The van der Waals surface area contributed by atoms with E-state index < -0.39 is 0 Å². The summed E-state index contributed by atoms with van der Waals surface area (Å²) in [5, 5.41) is 2.83. The average Bonchev–Trinajstić information content (AvgIpc) is 2.44. The van der Waals surface area contributed by atoms with E-state index >= 15 is 0 Å². The van der Waals surface area contributed by atoms with Crippen LogP contribution in [-0.2, 0) is 4.79 Å². The summed E-state index contributed by atoms with van der Waals surface area (Å²) in [4.78, 5) is 11.5. The standard InChI is InChI=1S/C14H22N2O2S/c1-12(9-15)10-19-11-14(17)16-7-8-18-13-5-3-2-4-6-13/h2-6,12H,7-11,15H2,1H3,(H,16,17). The minimum Gasteiger partial charge on any atom is -0.492 e. The Labute approximate surface area is 119 Å². The van der Waals surface area contributed by atoms with Crippen molar-refractivity contribution in [2.45, 2.75) is 6.92 Å². The van der Waals surface area contributed by atoms with Gasteiger partial charge in [-0.1, -0.05) is 25.1 Å². The van der Waals surface area contributed by atoms with E-state index in [0.29, 0.717) is 31.4 Å². The molecule has 1 rings (SSSR count). The first-order valence-corrected chi connectivity index (χ1v) is 7.60. The van der Waals surface area contributed by atoms with Crippen LogP contribution in [-0.4, -0.2) is 37.1 Å². The topological polar surface area (TPSA) is 64.4 Å². The number of carbonyl (C=O) groups is 1. The van der Waals surface area contributed by atoms with Gasteiger partial charge in [0.05, 0.1) is 12.3 Å². The second-order valence-corrected chi connectivity index (χ2v) is 5.40. The number of rotatable bonds is 9. The van der Waals surface area contributed by atoms with E-state index in [1.807, 2.05) is 30.3 Å². The molecule has 1 unspecified atom stereocenters. The second kappa shape index (κ2) is 9.69. The third-order valence-corrected chi connectivity index (χ3v) is 3.75. The lowest BCUT2D eigenvalue weighted by Gasteiger charge is -2.09. The quantitative estimate of drug-likeness (QED) is 0.674. The van der Waals surface area contributed by atoms with Gasteiger partial charge in [-0.3, -0.25) is 4.79 Å². The molecule has 1 aromatic rings. The molecule has 1 atom stereocenters. The first kappa shape index (κ1) is 15.9. The normalized spacial score (nSPS) is 11.9. The Morgan fingerprint density at radius 1 is 1.42 bits per heavy atom. The van der Waals surface area contributed by atoms with Crippen LogP contribution >= 0.6 is 11.8 Å². The highest BCUT2D eigenvalue weighted by Crippen LogP contribution is 2.08. The first-order chi connectivity index (χ1) is 9.22. The Bertz CT molecular complexity index is 360. The van der Waals surface area contributed by atoms with Gasteiger partial charge < -0.3 is 15.8 Å². The van der Waals surface area contributed by atoms with Gasteiger partial charge >= 0.3 is 0 Å². The maximum absolute atomic E-state index is 11.5. The molecule has 1 amide bonds. The molecule has 3 N–H and O–H groups in total. The molecule has 106 valence electrons. The smallest absolute Gasteiger partial charge is 0.230 e. The highest BCUT2D eigenvalue weighted by molar-refractivity contribution is 7.99. The SMILES string of the molecule is CC(CN)CSCC(=O)NCCOc1ccccc1. The fraction of sp³-hybridized carbons (Fsp3) is 0.500. The van der Waals surface area contributed by atoms with Crippen molar-refractivity contribution in [3.8, 4) is 5.75 Å². The van der Waals surface area contributed by atoms with Crippen molar-refractivity contribution in [3.63, 3.8) is 0 Å². The zero-order valence-corrected chi connectivity index (χ0v) is 12.1. The molecule has 19 heavy (non-hydrogen) atoms. The van der Waals surface area contributed by atoms with Crippen molar-refractivity contribution in [1.82, 2.24) is 5.32 Å². The number of nitrogens with one attached hydrogen (secondary N) is 1. The van der Waals surface area contributed by atoms with E-state index in [1.54, 1.807) is 11.8 Å². The molecule has 4 nitrogen and oxygen atoms in total. The molecule has 0 heterocycles. The lowest BCUT2D eigenvalue weighted by molar-refractivity contribution is -0.118. The molecule has 0 bridgehead atoms. The van der Waals surface area contributed by atoms with E-state index in [4.69, 9.17) is 10.5 Å². The summed E-state index contributed by atoms with van der Waals surface area (Å²) in [6, 6.07) is 9.57. The molecule has 0 aromatic heterocycles. The third kappa shape index (κ3) is 7.74. The van der Waals surface area contributed by atoms with Crippen LogP contribution in [0.15, 0.2) is 30.3 Å². The van der Waals surface area contributed by atoms with Gasteiger partial charge in [0.25, 0.3) is 0 Å². The lowest BCUT2D eigenvalue weighted by atomic mass is 10.2. The number of hydrogen-bond donors (Lipinski definition) is 2. The van der Waals surface area contributed by atoms with Crippen molar-refractivity contribution >= 4 is 17.7 Å². The monoisotopic (exact) mass is 282 g/mol. The highest BCUT2D eigenvalue weighted by atomic mass is 32.2. The van der Waals surface area contributed by atoms with Gasteiger partial charge in [0.2, 0.25) is 5.91 Å². The van der Waals surface area contributed by atoms with E-state index in [1.165, 1.54) is 0 Å². The fourth-order valence-corrected chi connectivity index (χ4v) is 2.29. The van der Waals surface area contributed by atoms with Gasteiger partial charge in [-0.15, -0.1) is 0 Å². The fourth-order valence-electron chi connectivity index (χ4n) is 1.35. The van der Waals surface area contributed by atoms with Crippen LogP contribution < -0.4 is 15.8 Å². The maximum atomic E-state index is 11.5. The molecule has 0 saturated heterocycles. The summed E-state index contributed by atoms with van der Waals surface area (Å²) in [6.45, 7) is 3.76. The van der Waals surface area contributed by atoms with Crippen LogP contribution in [0.5, 0.6) is 5.75 Å². The number of ether oxygens (including phenoxy) is 1. The molecular formula is C14H22N2O2S. The minimum atomic E-state index is 0.0471. The summed E-state index contributed by atoms with van der Waals surface area (Å²) in [7, 11) is 0. The molecule has 1 aromatic carbocycles. The number of para-hydroxylation sites is 1. The summed E-state index contributed by atoms with van der Waals surface area (Å²) in [5.74, 6) is 2.73. The number of benzene rings is 1. The molecule has 0 spiro atoms. The van der Waals surface area contributed by atoms with Crippen LogP contribution in [0.3, 0.4) is 0 Å². The van der Waals surface area contributed by atoms with Gasteiger partial charge in [-0.2, -0.15) is 11.8 Å². The number of nitrogens with two attached hydrogens (primary N) is 1. The minimum absolute atomic E-state index is 0.0471. The van der Waals surface area contributed by atoms with E-state index in [0.717, 1.165) is 11.5 Å². The zero-order chi connectivity index (χ0) is 13.9. The summed E-state index contributed by atoms with van der Waals surface area (Å²) >= 11 is 1.62. The maximum Gasteiger partial charge on any atom is 0.230 e. The van der Waals surface area contributed by atoms with Crippen LogP contribution in [0.4, 0.5) is 0 Å².